The normalized spacial score (nSPS) is 10.6. The van der Waals surface area contributed by atoms with Crippen molar-refractivity contribution >= 4 is 5.97 Å². The summed E-state index contributed by atoms with van der Waals surface area (Å²) >= 11 is 0. The van der Waals surface area contributed by atoms with E-state index in [1.54, 1.807) is 14.0 Å². The molecule has 0 saturated carbocycles. The minimum absolute atomic E-state index is 0.173. The van der Waals surface area contributed by atoms with E-state index in [1.807, 2.05) is 0 Å². The second-order valence-corrected chi connectivity index (χ2v) is 4.15. The van der Waals surface area contributed by atoms with Gasteiger partial charge in [-0.3, -0.25) is 0 Å². The van der Waals surface area contributed by atoms with E-state index in [-0.39, 0.29) is 5.56 Å². The van der Waals surface area contributed by atoms with Gasteiger partial charge in [0.15, 0.2) is 0 Å². The Labute approximate surface area is 123 Å². The summed E-state index contributed by atoms with van der Waals surface area (Å²) in [5.74, 6) is -0.610. The number of hydrogen-bond donors (Lipinski definition) is 1. The van der Waals surface area contributed by atoms with E-state index in [0.717, 1.165) is 0 Å². The molecule has 1 heterocycles. The molecular formula is C14H21NO6. The highest BCUT2D eigenvalue weighted by atomic mass is 16.6. The minimum atomic E-state index is -0.997. The summed E-state index contributed by atoms with van der Waals surface area (Å²) in [6.45, 7) is 4.50. The van der Waals surface area contributed by atoms with Crippen LogP contribution in [0.15, 0.2) is 12.1 Å². The third-order valence-corrected chi connectivity index (χ3v) is 2.57. The van der Waals surface area contributed by atoms with E-state index < -0.39 is 5.97 Å². The maximum Gasteiger partial charge on any atom is 0.337 e. The lowest BCUT2D eigenvalue weighted by molar-refractivity contribution is 0.0176. The topological polar surface area (TPSA) is 87.1 Å². The van der Waals surface area contributed by atoms with Crippen molar-refractivity contribution < 1.29 is 28.8 Å². The van der Waals surface area contributed by atoms with Gasteiger partial charge in [0.2, 0.25) is 5.88 Å². The zero-order valence-electron chi connectivity index (χ0n) is 12.3. The average molecular weight is 299 g/mol. The van der Waals surface area contributed by atoms with E-state index in [0.29, 0.717) is 51.2 Å². The number of methoxy groups -OCH3 is 1. The molecular weight excluding hydrogens is 278 g/mol. The number of carboxylic acid groups (broad SMARTS) is 1. The lowest BCUT2D eigenvalue weighted by Gasteiger charge is -2.08. The second-order valence-electron chi connectivity index (χ2n) is 4.15. The average Bonchev–Trinajstić information content (AvgIpc) is 2.45. The van der Waals surface area contributed by atoms with Gasteiger partial charge < -0.3 is 24.1 Å². The fraction of sp³-hybridized carbons (Fsp3) is 0.571. The van der Waals surface area contributed by atoms with Crippen molar-refractivity contribution in [3.8, 4) is 5.88 Å². The third kappa shape index (κ3) is 7.03. The fourth-order valence-corrected chi connectivity index (χ4v) is 1.51. The molecule has 0 aliphatic carbocycles. The number of pyridine rings is 1. The minimum Gasteiger partial charge on any atom is -0.478 e. The van der Waals surface area contributed by atoms with Crippen LogP contribution in [0, 0.1) is 6.92 Å². The number of aromatic nitrogens is 1. The first-order valence-electron chi connectivity index (χ1n) is 6.63. The molecule has 1 aromatic heterocycles. The van der Waals surface area contributed by atoms with Crippen molar-refractivity contribution in [2.75, 3.05) is 46.8 Å². The molecule has 0 unspecified atom stereocenters. The molecule has 0 atom stereocenters. The SMILES string of the molecule is COCCOCCOCCOc1ccc(C(=O)O)c(C)n1. The van der Waals surface area contributed by atoms with Gasteiger partial charge in [-0.15, -0.1) is 0 Å². The first-order chi connectivity index (χ1) is 10.1. The fourth-order valence-electron chi connectivity index (χ4n) is 1.51. The Morgan fingerprint density at radius 3 is 2.29 bits per heavy atom. The first-order valence-corrected chi connectivity index (χ1v) is 6.63. The maximum absolute atomic E-state index is 10.8. The Bertz CT molecular complexity index is 437. The summed E-state index contributed by atoms with van der Waals surface area (Å²) in [5.41, 5.74) is 0.597. The molecule has 1 rings (SSSR count). The lowest BCUT2D eigenvalue weighted by Crippen LogP contribution is -2.13. The van der Waals surface area contributed by atoms with Crippen LogP contribution in [0.2, 0.25) is 0 Å². The van der Waals surface area contributed by atoms with Gasteiger partial charge in [0.25, 0.3) is 0 Å². The quantitative estimate of drug-likeness (QED) is 0.613. The summed E-state index contributed by atoms with van der Waals surface area (Å²) in [7, 11) is 1.62. The molecule has 0 aliphatic heterocycles. The van der Waals surface area contributed by atoms with E-state index in [2.05, 4.69) is 4.98 Å². The molecule has 0 fully saturated rings. The molecule has 0 radical (unpaired) electrons. The van der Waals surface area contributed by atoms with Gasteiger partial charge in [-0.25, -0.2) is 9.78 Å². The van der Waals surface area contributed by atoms with Gasteiger partial charge in [0.05, 0.1) is 44.3 Å². The van der Waals surface area contributed by atoms with Crippen molar-refractivity contribution in [2.24, 2.45) is 0 Å². The highest BCUT2D eigenvalue weighted by molar-refractivity contribution is 5.88. The van der Waals surface area contributed by atoms with Crippen LogP contribution in [0.25, 0.3) is 0 Å². The largest absolute Gasteiger partial charge is 0.478 e. The maximum atomic E-state index is 10.8. The number of aryl methyl sites for hydroxylation is 1. The molecule has 0 aliphatic rings. The van der Waals surface area contributed by atoms with Gasteiger partial charge in [-0.2, -0.15) is 0 Å². The predicted octanol–water partition coefficient (Wildman–Crippen LogP) is 1.15. The van der Waals surface area contributed by atoms with E-state index in [9.17, 15) is 4.79 Å². The molecule has 0 bridgehead atoms. The van der Waals surface area contributed by atoms with Crippen LogP contribution in [-0.2, 0) is 14.2 Å². The Kier molecular flexibility index (Phi) is 8.34. The van der Waals surface area contributed by atoms with E-state index in [4.69, 9.17) is 24.1 Å². The lowest BCUT2D eigenvalue weighted by atomic mass is 10.2. The highest BCUT2D eigenvalue weighted by Crippen LogP contribution is 2.12. The molecule has 118 valence electrons. The van der Waals surface area contributed by atoms with Crippen LogP contribution >= 0.6 is 0 Å². The van der Waals surface area contributed by atoms with Gasteiger partial charge >= 0.3 is 5.97 Å². The Hall–Kier alpha value is -1.70. The summed E-state index contributed by atoms with van der Waals surface area (Å²) in [5, 5.41) is 8.89. The number of carboxylic acids is 1. The Balaban J connectivity index is 2.13. The van der Waals surface area contributed by atoms with Crippen molar-refractivity contribution in [3.05, 3.63) is 23.4 Å². The second kappa shape index (κ2) is 10.1. The number of nitrogens with zero attached hydrogens (tertiary/aromatic N) is 1. The summed E-state index contributed by atoms with van der Waals surface area (Å²) in [6, 6.07) is 3.01. The molecule has 0 spiro atoms. The van der Waals surface area contributed by atoms with Crippen molar-refractivity contribution in [2.45, 2.75) is 6.92 Å². The number of ether oxygens (including phenoxy) is 4. The van der Waals surface area contributed by atoms with Crippen molar-refractivity contribution in [1.82, 2.24) is 4.98 Å². The number of carbonyl (C=O) groups is 1. The van der Waals surface area contributed by atoms with Crippen LogP contribution in [0.4, 0.5) is 0 Å². The summed E-state index contributed by atoms with van der Waals surface area (Å²) < 4.78 is 20.8. The smallest absolute Gasteiger partial charge is 0.337 e. The van der Waals surface area contributed by atoms with Crippen LogP contribution < -0.4 is 4.74 Å². The van der Waals surface area contributed by atoms with E-state index in [1.165, 1.54) is 12.1 Å². The van der Waals surface area contributed by atoms with E-state index >= 15 is 0 Å². The van der Waals surface area contributed by atoms with Crippen LogP contribution in [0.1, 0.15) is 16.1 Å². The zero-order valence-corrected chi connectivity index (χ0v) is 12.3. The molecule has 1 aromatic rings. The van der Waals surface area contributed by atoms with Crippen LogP contribution in [0.3, 0.4) is 0 Å². The van der Waals surface area contributed by atoms with Crippen molar-refractivity contribution in [3.63, 3.8) is 0 Å². The molecule has 0 amide bonds. The molecule has 0 saturated heterocycles. The predicted molar refractivity (Wildman–Crippen MR) is 74.9 cm³/mol. The highest BCUT2D eigenvalue weighted by Gasteiger charge is 2.08. The first kappa shape index (κ1) is 17.4. The van der Waals surface area contributed by atoms with Gasteiger partial charge in [-0.1, -0.05) is 0 Å². The Morgan fingerprint density at radius 1 is 1.10 bits per heavy atom. The number of aromatic carboxylic acids is 1. The molecule has 21 heavy (non-hydrogen) atoms. The van der Waals surface area contributed by atoms with Crippen LogP contribution in [-0.4, -0.2) is 62.8 Å². The number of hydrogen-bond acceptors (Lipinski definition) is 6. The van der Waals surface area contributed by atoms with Crippen LogP contribution in [0.5, 0.6) is 5.88 Å². The zero-order chi connectivity index (χ0) is 15.5. The third-order valence-electron chi connectivity index (χ3n) is 2.57. The number of rotatable bonds is 11. The van der Waals surface area contributed by atoms with Gasteiger partial charge in [0, 0.05) is 13.2 Å². The standard InChI is InChI=1S/C14H21NO6/c1-11-12(14(16)17)3-4-13(15-11)21-10-9-20-8-7-19-6-5-18-2/h3-4H,5-10H2,1-2H3,(H,16,17). The molecule has 7 heteroatoms. The molecule has 7 nitrogen and oxygen atoms in total. The van der Waals surface area contributed by atoms with Gasteiger partial charge in [0.1, 0.15) is 6.61 Å². The van der Waals surface area contributed by atoms with Crippen molar-refractivity contribution in [1.29, 1.82) is 0 Å². The Morgan fingerprint density at radius 2 is 1.71 bits per heavy atom. The van der Waals surface area contributed by atoms with Gasteiger partial charge in [-0.05, 0) is 13.0 Å². The summed E-state index contributed by atoms with van der Waals surface area (Å²) in [4.78, 5) is 14.9. The summed E-state index contributed by atoms with van der Waals surface area (Å²) in [6.07, 6.45) is 0. The molecule has 1 N–H and O–H groups in total. The molecule has 0 aromatic carbocycles. The monoisotopic (exact) mass is 299 g/mol.